The highest BCUT2D eigenvalue weighted by Crippen LogP contribution is 2.43. The van der Waals surface area contributed by atoms with E-state index in [1.54, 1.807) is 0 Å². The molecule has 1 saturated carbocycles. The monoisotopic (exact) mass is 353 g/mol. The topological polar surface area (TPSA) is 68.0 Å². The van der Waals surface area contributed by atoms with Crippen molar-refractivity contribution in [3.8, 4) is 0 Å². The number of nitrogens with zero attached hydrogens (tertiary/aromatic N) is 1. The van der Waals surface area contributed by atoms with E-state index >= 15 is 0 Å². The summed E-state index contributed by atoms with van der Waals surface area (Å²) in [5.41, 5.74) is 9.08. The quantitative estimate of drug-likeness (QED) is 0.777. The lowest BCUT2D eigenvalue weighted by Gasteiger charge is -2.27. The molecule has 3 rings (SSSR count). The van der Waals surface area contributed by atoms with Gasteiger partial charge in [0.05, 0.1) is 11.2 Å². The number of hydrogen-bond acceptors (Lipinski definition) is 4. The molecule has 0 spiro atoms. The molecule has 0 saturated heterocycles. The minimum absolute atomic E-state index is 0.212. The number of nitrogens with two attached hydrogens (primary N) is 1. The molecule has 4 heteroatoms. The van der Waals surface area contributed by atoms with Crippen LogP contribution < -0.4 is 11.1 Å². The van der Waals surface area contributed by atoms with Gasteiger partial charge in [0.1, 0.15) is 6.29 Å². The molecule has 140 valence electrons. The zero-order chi connectivity index (χ0) is 19.2. The van der Waals surface area contributed by atoms with Crippen molar-refractivity contribution in [3.05, 3.63) is 65.5 Å². The summed E-state index contributed by atoms with van der Waals surface area (Å²) in [4.78, 5) is 15.1. The SMILES string of the molecule is CC(Cc1ccccc1C=O)C(C)(C)N.CNC1(c2ccccn2)CC1. The van der Waals surface area contributed by atoms with Crippen LogP contribution in [-0.4, -0.2) is 23.9 Å². The molecule has 0 radical (unpaired) electrons. The molecule has 1 aromatic carbocycles. The lowest BCUT2D eigenvalue weighted by molar-refractivity contribution is 0.112. The molecular weight excluding hydrogens is 322 g/mol. The first-order valence-corrected chi connectivity index (χ1v) is 9.25. The van der Waals surface area contributed by atoms with Crippen molar-refractivity contribution in [2.24, 2.45) is 11.7 Å². The zero-order valence-corrected chi connectivity index (χ0v) is 16.3. The van der Waals surface area contributed by atoms with Crippen LogP contribution in [0.4, 0.5) is 0 Å². The molecule has 1 aliphatic rings. The van der Waals surface area contributed by atoms with Gasteiger partial charge in [0.25, 0.3) is 0 Å². The Morgan fingerprint density at radius 1 is 1.23 bits per heavy atom. The van der Waals surface area contributed by atoms with Crippen LogP contribution in [0.2, 0.25) is 0 Å². The van der Waals surface area contributed by atoms with Crippen LogP contribution in [0.15, 0.2) is 48.7 Å². The van der Waals surface area contributed by atoms with Crippen LogP contribution in [0.25, 0.3) is 0 Å². The predicted octanol–water partition coefficient (Wildman–Crippen LogP) is 3.71. The molecule has 1 aromatic heterocycles. The second kappa shape index (κ2) is 8.56. The summed E-state index contributed by atoms with van der Waals surface area (Å²) >= 11 is 0. The van der Waals surface area contributed by atoms with Gasteiger partial charge in [0, 0.05) is 17.3 Å². The van der Waals surface area contributed by atoms with Crippen LogP contribution in [-0.2, 0) is 12.0 Å². The Bertz CT molecular complexity index is 703. The van der Waals surface area contributed by atoms with Crippen LogP contribution in [0, 0.1) is 5.92 Å². The summed E-state index contributed by atoms with van der Waals surface area (Å²) in [5, 5.41) is 3.31. The highest BCUT2D eigenvalue weighted by atomic mass is 16.1. The highest BCUT2D eigenvalue weighted by Gasteiger charge is 2.43. The molecule has 4 nitrogen and oxygen atoms in total. The molecule has 0 amide bonds. The van der Waals surface area contributed by atoms with Gasteiger partial charge in [-0.15, -0.1) is 0 Å². The van der Waals surface area contributed by atoms with Gasteiger partial charge in [-0.2, -0.15) is 0 Å². The largest absolute Gasteiger partial charge is 0.325 e. The van der Waals surface area contributed by atoms with Gasteiger partial charge in [-0.25, -0.2) is 0 Å². The second-order valence-corrected chi connectivity index (χ2v) is 7.79. The number of hydrogen-bond donors (Lipinski definition) is 2. The second-order valence-electron chi connectivity index (χ2n) is 7.79. The van der Waals surface area contributed by atoms with Crippen LogP contribution in [0.5, 0.6) is 0 Å². The van der Waals surface area contributed by atoms with Crippen molar-refractivity contribution in [2.45, 2.75) is 51.1 Å². The first-order valence-electron chi connectivity index (χ1n) is 9.25. The Balaban J connectivity index is 0.000000195. The molecule has 0 bridgehead atoms. The van der Waals surface area contributed by atoms with Crippen molar-refractivity contribution in [1.29, 1.82) is 0 Å². The normalized spacial score (nSPS) is 16.2. The summed E-state index contributed by atoms with van der Waals surface area (Å²) < 4.78 is 0. The third-order valence-corrected chi connectivity index (χ3v) is 5.36. The third kappa shape index (κ3) is 5.23. The number of carbonyl (C=O) groups is 1. The summed E-state index contributed by atoms with van der Waals surface area (Å²) in [7, 11) is 2.00. The average molecular weight is 354 g/mol. The molecule has 0 aliphatic heterocycles. The van der Waals surface area contributed by atoms with Gasteiger partial charge in [0.15, 0.2) is 0 Å². The van der Waals surface area contributed by atoms with E-state index in [2.05, 4.69) is 23.3 Å². The number of rotatable bonds is 6. The predicted molar refractivity (Wildman–Crippen MR) is 107 cm³/mol. The Morgan fingerprint density at radius 2 is 1.88 bits per heavy atom. The summed E-state index contributed by atoms with van der Waals surface area (Å²) in [6.07, 6.45) is 6.05. The van der Waals surface area contributed by atoms with E-state index in [1.165, 1.54) is 18.5 Å². The number of pyridine rings is 1. The van der Waals surface area contributed by atoms with E-state index in [0.29, 0.717) is 5.92 Å². The third-order valence-electron chi connectivity index (χ3n) is 5.36. The van der Waals surface area contributed by atoms with Gasteiger partial charge >= 0.3 is 0 Å². The molecule has 1 unspecified atom stereocenters. The summed E-state index contributed by atoms with van der Waals surface area (Å²) in [5.74, 6) is 0.346. The van der Waals surface area contributed by atoms with Gasteiger partial charge in [-0.1, -0.05) is 37.3 Å². The Kier molecular flexibility index (Phi) is 6.68. The maximum atomic E-state index is 10.8. The number of aldehydes is 1. The zero-order valence-electron chi connectivity index (χ0n) is 16.3. The molecule has 1 fully saturated rings. The minimum atomic E-state index is -0.212. The molecular formula is C22H31N3O. The van der Waals surface area contributed by atoms with Crippen molar-refractivity contribution in [1.82, 2.24) is 10.3 Å². The van der Waals surface area contributed by atoms with Crippen molar-refractivity contribution in [2.75, 3.05) is 7.05 Å². The van der Waals surface area contributed by atoms with Crippen molar-refractivity contribution < 1.29 is 4.79 Å². The van der Waals surface area contributed by atoms with Gasteiger partial charge in [-0.3, -0.25) is 9.78 Å². The van der Waals surface area contributed by atoms with E-state index in [1.807, 2.05) is 63.5 Å². The maximum Gasteiger partial charge on any atom is 0.150 e. The van der Waals surface area contributed by atoms with Gasteiger partial charge in [-0.05, 0) is 63.8 Å². The van der Waals surface area contributed by atoms with Crippen LogP contribution >= 0.6 is 0 Å². The van der Waals surface area contributed by atoms with Crippen LogP contribution in [0.3, 0.4) is 0 Å². The molecule has 1 heterocycles. The maximum absolute atomic E-state index is 10.8. The fourth-order valence-corrected chi connectivity index (χ4v) is 2.83. The number of carbonyl (C=O) groups excluding carboxylic acids is 1. The Morgan fingerprint density at radius 3 is 2.38 bits per heavy atom. The van der Waals surface area contributed by atoms with Crippen molar-refractivity contribution in [3.63, 3.8) is 0 Å². The number of benzene rings is 1. The van der Waals surface area contributed by atoms with Gasteiger partial charge in [0.2, 0.25) is 0 Å². The Hall–Kier alpha value is -2.04. The first kappa shape index (κ1) is 20.3. The highest BCUT2D eigenvalue weighted by molar-refractivity contribution is 5.77. The average Bonchev–Trinajstić information content (AvgIpc) is 3.44. The summed E-state index contributed by atoms with van der Waals surface area (Å²) in [6.45, 7) is 6.14. The van der Waals surface area contributed by atoms with E-state index in [4.69, 9.17) is 5.73 Å². The van der Waals surface area contributed by atoms with E-state index in [9.17, 15) is 4.79 Å². The van der Waals surface area contributed by atoms with E-state index < -0.39 is 0 Å². The molecule has 1 atom stereocenters. The number of aromatic nitrogens is 1. The van der Waals surface area contributed by atoms with E-state index in [0.717, 1.165) is 23.8 Å². The summed E-state index contributed by atoms with van der Waals surface area (Å²) in [6, 6.07) is 13.8. The minimum Gasteiger partial charge on any atom is -0.325 e. The first-order chi connectivity index (χ1) is 12.3. The van der Waals surface area contributed by atoms with Crippen LogP contribution in [0.1, 0.15) is 55.2 Å². The number of nitrogens with one attached hydrogen (secondary N) is 1. The standard InChI is InChI=1S/C13H19NO.C9H12N2/c1-10(13(2,3)14)8-11-6-4-5-7-12(11)9-15;1-10-9(5-6-9)8-4-2-3-7-11-8/h4-7,9-10H,8,14H2,1-3H3;2-4,7,10H,5-6H2,1H3. The Labute approximate surface area is 157 Å². The van der Waals surface area contributed by atoms with Gasteiger partial charge < -0.3 is 11.1 Å². The molecule has 26 heavy (non-hydrogen) atoms. The van der Waals surface area contributed by atoms with Crippen molar-refractivity contribution >= 4 is 6.29 Å². The smallest absolute Gasteiger partial charge is 0.150 e. The lowest BCUT2D eigenvalue weighted by atomic mass is 9.84. The van der Waals surface area contributed by atoms with E-state index in [-0.39, 0.29) is 11.1 Å². The fraction of sp³-hybridized carbons (Fsp3) is 0.455. The lowest BCUT2D eigenvalue weighted by Crippen LogP contribution is -2.40. The fourth-order valence-electron chi connectivity index (χ4n) is 2.83. The molecule has 3 N–H and O–H groups in total. The molecule has 2 aromatic rings. The molecule has 1 aliphatic carbocycles.